The first-order valence-electron chi connectivity index (χ1n) is 6.75. The number of carbonyl (C=O) groups excluding carboxylic acids is 1. The highest BCUT2D eigenvalue weighted by Crippen LogP contribution is 2.32. The standard InChI is InChI=1S/C13H27N3O/c1-4-13(5-2,9-15)12(17)16-8-11(7-14)6-10(16)3/h10-11H,4-9,14-15H2,1-3H3. The van der Waals surface area contributed by atoms with E-state index >= 15 is 0 Å². The van der Waals surface area contributed by atoms with Gasteiger partial charge in [-0.05, 0) is 38.6 Å². The van der Waals surface area contributed by atoms with Crippen molar-refractivity contribution < 1.29 is 4.79 Å². The molecule has 0 bridgehead atoms. The van der Waals surface area contributed by atoms with E-state index in [1.807, 2.05) is 4.90 Å². The van der Waals surface area contributed by atoms with Crippen molar-refractivity contribution in [1.82, 2.24) is 4.90 Å². The van der Waals surface area contributed by atoms with Crippen LogP contribution in [0, 0.1) is 11.3 Å². The van der Waals surface area contributed by atoms with Gasteiger partial charge in [0.15, 0.2) is 0 Å². The number of likely N-dealkylation sites (tertiary alicyclic amines) is 1. The predicted octanol–water partition coefficient (Wildman–Crippen LogP) is 0.947. The SMILES string of the molecule is CCC(CC)(CN)C(=O)N1CC(CN)CC1C. The number of rotatable bonds is 5. The zero-order valence-corrected chi connectivity index (χ0v) is 11.4. The maximum atomic E-state index is 12.6. The second-order valence-corrected chi connectivity index (χ2v) is 5.34. The van der Waals surface area contributed by atoms with Gasteiger partial charge in [-0.3, -0.25) is 4.79 Å². The zero-order valence-electron chi connectivity index (χ0n) is 11.4. The molecule has 0 spiro atoms. The van der Waals surface area contributed by atoms with Crippen molar-refractivity contribution >= 4 is 5.91 Å². The lowest BCUT2D eigenvalue weighted by molar-refractivity contribution is -0.142. The highest BCUT2D eigenvalue weighted by molar-refractivity contribution is 5.83. The Balaban J connectivity index is 2.81. The van der Waals surface area contributed by atoms with Crippen molar-refractivity contribution in [3.05, 3.63) is 0 Å². The van der Waals surface area contributed by atoms with Crippen LogP contribution in [0.3, 0.4) is 0 Å². The molecule has 1 aliphatic rings. The first-order valence-corrected chi connectivity index (χ1v) is 6.75. The minimum atomic E-state index is -0.363. The Hall–Kier alpha value is -0.610. The van der Waals surface area contributed by atoms with Gasteiger partial charge in [-0.2, -0.15) is 0 Å². The van der Waals surface area contributed by atoms with E-state index in [1.165, 1.54) is 0 Å². The number of carbonyl (C=O) groups is 1. The topological polar surface area (TPSA) is 72.4 Å². The average Bonchev–Trinajstić information content (AvgIpc) is 2.73. The number of nitrogens with two attached hydrogens (primary N) is 2. The fraction of sp³-hybridized carbons (Fsp3) is 0.923. The van der Waals surface area contributed by atoms with Crippen LogP contribution in [0.1, 0.15) is 40.0 Å². The summed E-state index contributed by atoms with van der Waals surface area (Å²) in [5.74, 6) is 0.687. The molecule has 0 aromatic carbocycles. The molecule has 4 nitrogen and oxygen atoms in total. The summed E-state index contributed by atoms with van der Waals surface area (Å²) < 4.78 is 0. The van der Waals surface area contributed by atoms with Crippen molar-refractivity contribution in [2.45, 2.75) is 46.1 Å². The van der Waals surface area contributed by atoms with Crippen molar-refractivity contribution in [1.29, 1.82) is 0 Å². The van der Waals surface area contributed by atoms with E-state index in [9.17, 15) is 4.79 Å². The van der Waals surface area contributed by atoms with Gasteiger partial charge in [-0.1, -0.05) is 13.8 Å². The molecule has 0 saturated carbocycles. The van der Waals surface area contributed by atoms with Gasteiger partial charge < -0.3 is 16.4 Å². The van der Waals surface area contributed by atoms with Crippen LogP contribution in [-0.2, 0) is 4.79 Å². The third-order valence-corrected chi connectivity index (χ3v) is 4.45. The van der Waals surface area contributed by atoms with E-state index in [0.29, 0.717) is 25.0 Å². The summed E-state index contributed by atoms with van der Waals surface area (Å²) in [6.45, 7) is 8.13. The highest BCUT2D eigenvalue weighted by atomic mass is 16.2. The van der Waals surface area contributed by atoms with Crippen molar-refractivity contribution in [2.75, 3.05) is 19.6 Å². The molecular formula is C13H27N3O. The van der Waals surface area contributed by atoms with Crippen molar-refractivity contribution in [2.24, 2.45) is 22.8 Å². The molecule has 1 heterocycles. The van der Waals surface area contributed by atoms with Gasteiger partial charge in [-0.15, -0.1) is 0 Å². The molecule has 1 aliphatic heterocycles. The van der Waals surface area contributed by atoms with Gasteiger partial charge in [0.1, 0.15) is 0 Å². The summed E-state index contributed by atoms with van der Waals surface area (Å²) in [5, 5.41) is 0. The zero-order chi connectivity index (χ0) is 13.1. The Morgan fingerprint density at radius 3 is 2.29 bits per heavy atom. The predicted molar refractivity (Wildman–Crippen MR) is 70.4 cm³/mol. The summed E-state index contributed by atoms with van der Waals surface area (Å²) in [5.41, 5.74) is 11.2. The molecule has 2 unspecified atom stereocenters. The lowest BCUT2D eigenvalue weighted by Gasteiger charge is -2.35. The van der Waals surface area contributed by atoms with Crippen molar-refractivity contribution in [3.8, 4) is 0 Å². The first kappa shape index (κ1) is 14.5. The summed E-state index contributed by atoms with van der Waals surface area (Å²) in [6, 6.07) is 0.306. The molecular weight excluding hydrogens is 214 g/mol. The van der Waals surface area contributed by atoms with Crippen LogP contribution in [0.2, 0.25) is 0 Å². The molecule has 2 atom stereocenters. The third kappa shape index (κ3) is 2.63. The molecule has 1 amide bonds. The molecule has 100 valence electrons. The Morgan fingerprint density at radius 1 is 1.35 bits per heavy atom. The number of hydrogen-bond donors (Lipinski definition) is 2. The number of nitrogens with zero attached hydrogens (tertiary/aromatic N) is 1. The van der Waals surface area contributed by atoms with Crippen LogP contribution in [-0.4, -0.2) is 36.5 Å². The van der Waals surface area contributed by atoms with Crippen LogP contribution < -0.4 is 11.5 Å². The summed E-state index contributed by atoms with van der Waals surface area (Å²) in [6.07, 6.45) is 2.65. The van der Waals surface area contributed by atoms with Crippen LogP contribution in [0.15, 0.2) is 0 Å². The van der Waals surface area contributed by atoms with Crippen LogP contribution in [0.4, 0.5) is 0 Å². The van der Waals surface area contributed by atoms with E-state index in [4.69, 9.17) is 11.5 Å². The van der Waals surface area contributed by atoms with Gasteiger partial charge in [0.2, 0.25) is 5.91 Å². The minimum absolute atomic E-state index is 0.230. The number of amides is 1. The Bertz CT molecular complexity index is 255. The molecule has 4 heteroatoms. The second kappa shape index (κ2) is 5.83. The molecule has 4 N–H and O–H groups in total. The van der Waals surface area contributed by atoms with Gasteiger partial charge in [-0.25, -0.2) is 0 Å². The molecule has 0 aliphatic carbocycles. The van der Waals surface area contributed by atoms with Crippen LogP contribution >= 0.6 is 0 Å². The second-order valence-electron chi connectivity index (χ2n) is 5.34. The lowest BCUT2D eigenvalue weighted by atomic mass is 9.81. The van der Waals surface area contributed by atoms with Crippen LogP contribution in [0.5, 0.6) is 0 Å². The number of hydrogen-bond acceptors (Lipinski definition) is 3. The smallest absolute Gasteiger partial charge is 0.230 e. The third-order valence-electron chi connectivity index (χ3n) is 4.45. The molecule has 0 aromatic rings. The normalized spacial score (nSPS) is 25.4. The minimum Gasteiger partial charge on any atom is -0.339 e. The van der Waals surface area contributed by atoms with Gasteiger partial charge in [0.05, 0.1) is 5.41 Å². The summed E-state index contributed by atoms with van der Waals surface area (Å²) >= 11 is 0. The molecule has 0 aromatic heterocycles. The maximum Gasteiger partial charge on any atom is 0.230 e. The quantitative estimate of drug-likeness (QED) is 0.752. The molecule has 1 saturated heterocycles. The van der Waals surface area contributed by atoms with E-state index in [1.54, 1.807) is 0 Å². The largest absolute Gasteiger partial charge is 0.339 e. The van der Waals surface area contributed by atoms with E-state index < -0.39 is 0 Å². The van der Waals surface area contributed by atoms with E-state index in [-0.39, 0.29) is 11.3 Å². The molecule has 1 fully saturated rings. The summed E-state index contributed by atoms with van der Waals surface area (Å²) in [7, 11) is 0. The van der Waals surface area contributed by atoms with Gasteiger partial charge in [0, 0.05) is 19.1 Å². The highest BCUT2D eigenvalue weighted by Gasteiger charge is 2.41. The average molecular weight is 241 g/mol. The van der Waals surface area contributed by atoms with E-state index in [0.717, 1.165) is 25.8 Å². The molecule has 17 heavy (non-hydrogen) atoms. The van der Waals surface area contributed by atoms with E-state index in [2.05, 4.69) is 20.8 Å². The van der Waals surface area contributed by atoms with Crippen molar-refractivity contribution in [3.63, 3.8) is 0 Å². The molecule has 1 rings (SSSR count). The van der Waals surface area contributed by atoms with Crippen LogP contribution in [0.25, 0.3) is 0 Å². The Labute approximate surface area is 105 Å². The Kier molecular flexibility index (Phi) is 4.95. The monoisotopic (exact) mass is 241 g/mol. The summed E-state index contributed by atoms with van der Waals surface area (Å²) in [4.78, 5) is 14.6. The van der Waals surface area contributed by atoms with Gasteiger partial charge >= 0.3 is 0 Å². The Morgan fingerprint density at radius 2 is 1.94 bits per heavy atom. The lowest BCUT2D eigenvalue weighted by Crippen LogP contribution is -2.49. The molecule has 0 radical (unpaired) electrons. The first-order chi connectivity index (χ1) is 8.04. The maximum absolute atomic E-state index is 12.6. The fourth-order valence-electron chi connectivity index (χ4n) is 2.83. The van der Waals surface area contributed by atoms with Gasteiger partial charge in [0.25, 0.3) is 0 Å². The fourth-order valence-corrected chi connectivity index (χ4v) is 2.83.